The van der Waals surface area contributed by atoms with Crippen LogP contribution in [0.2, 0.25) is 0 Å². The zero-order chi connectivity index (χ0) is 43.9. The second-order valence-electron chi connectivity index (χ2n) is 10.7. The Hall–Kier alpha value is -6.47. The van der Waals surface area contributed by atoms with Crippen LogP contribution in [0.25, 0.3) is 0 Å². The van der Waals surface area contributed by atoms with E-state index in [-0.39, 0.29) is 37.0 Å². The first kappa shape index (κ1) is 49.7. The van der Waals surface area contributed by atoms with E-state index in [2.05, 4.69) is 117 Å². The van der Waals surface area contributed by atoms with Crippen molar-refractivity contribution in [1.82, 2.24) is 0 Å². The summed E-state index contributed by atoms with van der Waals surface area (Å²) in [5.74, 6) is 39.1. The van der Waals surface area contributed by atoms with Gasteiger partial charge in [0.25, 0.3) is 0 Å². The molecule has 0 bridgehead atoms. The van der Waals surface area contributed by atoms with E-state index in [0.29, 0.717) is 10.6 Å². The van der Waals surface area contributed by atoms with E-state index in [1.807, 2.05) is 60.7 Å². The first-order valence-electron chi connectivity index (χ1n) is 16.7. The number of halogens is 2. The third kappa shape index (κ3) is 17.2. The van der Waals surface area contributed by atoms with Crippen LogP contribution in [0.1, 0.15) is 23.2 Å². The van der Waals surface area contributed by atoms with E-state index >= 15 is 0 Å². The van der Waals surface area contributed by atoms with Gasteiger partial charge in [0.15, 0.2) is 15.8 Å². The molecule has 2 atom stereocenters. The fourth-order valence-electron chi connectivity index (χ4n) is 4.67. The van der Waals surface area contributed by atoms with Gasteiger partial charge in [-0.1, -0.05) is 84.9 Å². The summed E-state index contributed by atoms with van der Waals surface area (Å²) in [4.78, 5) is 0.0579. The van der Waals surface area contributed by atoms with Gasteiger partial charge in [-0.2, -0.15) is 0 Å². The molecule has 0 amide bonds. The van der Waals surface area contributed by atoms with Gasteiger partial charge in [-0.15, -0.1) is 25.7 Å². The van der Waals surface area contributed by atoms with Crippen molar-refractivity contribution in [3.8, 4) is 143 Å². The molecule has 0 aliphatic rings. The van der Waals surface area contributed by atoms with Crippen LogP contribution in [0.15, 0.2) is 119 Å². The van der Waals surface area contributed by atoms with Gasteiger partial charge >= 0.3 is 34.5 Å². The average Bonchev–Trinajstić information content (AvgIpc) is 3.28. The number of hydrogen-bond acceptors (Lipinski definition) is 4. The van der Waals surface area contributed by atoms with Crippen LogP contribution in [0.4, 0.5) is 0 Å². The summed E-state index contributed by atoms with van der Waals surface area (Å²) in [6.45, 7) is 0. The molecule has 0 saturated heterocycles. The fourth-order valence-corrected chi connectivity index (χ4v) is 10.2. The third-order valence-electron chi connectivity index (χ3n) is 7.19. The zero-order valence-electron chi connectivity index (χ0n) is 31.3. The first-order chi connectivity index (χ1) is 29.2. The van der Waals surface area contributed by atoms with Crippen molar-refractivity contribution in [2.45, 2.75) is 21.9 Å². The van der Waals surface area contributed by atoms with E-state index in [1.54, 1.807) is 36.4 Å². The molecule has 0 spiro atoms. The van der Waals surface area contributed by atoms with Crippen molar-refractivity contribution in [3.05, 3.63) is 120 Å². The standard InChI is InChI=1S/C36H12O2P2S.C14H16N2.2ClH.Ru/c1-5-9-13-21-29-39(30-22-14-10-6-2)33-25-17-19-27-35(33)41(37,38)36-28-20-18-26-34(36)40(31-23-15-11-7-3)32-24-16-12-8-4;15-13(11-7-3-1-4-8-11)14(16)12-9-5-2-6-10-12;;;/h1-4,17-20,25-28H;1-10,13-14H,15-16H2;2*1H;/q;;;;+4. The molecule has 0 aliphatic carbocycles. The molecule has 4 rings (SSSR count). The quantitative estimate of drug-likeness (QED) is 0.129. The van der Waals surface area contributed by atoms with Gasteiger partial charge in [0.1, 0.15) is 43.0 Å². The summed E-state index contributed by atoms with van der Waals surface area (Å²) in [5.41, 5.74) is 26.2. The van der Waals surface area contributed by atoms with Gasteiger partial charge in [-0.3, -0.25) is 0 Å². The molecule has 0 heterocycles. The van der Waals surface area contributed by atoms with Crippen LogP contribution in [0.5, 0.6) is 0 Å². The summed E-state index contributed by atoms with van der Waals surface area (Å²) >= 11 is -0.346. The number of sulfone groups is 1. The Morgan fingerprint density at radius 2 is 0.717 bits per heavy atom. The minimum atomic E-state index is -4.13. The molecule has 0 aliphatic heterocycles. The summed E-state index contributed by atoms with van der Waals surface area (Å²) in [7, 11) is 1.30. The number of terminal acetylenes is 4. The Labute approximate surface area is 373 Å². The predicted octanol–water partition coefficient (Wildman–Crippen LogP) is 6.35. The molecule has 10 heteroatoms. The zero-order valence-corrected chi connectivity index (χ0v) is 37.4. The van der Waals surface area contributed by atoms with Crippen molar-refractivity contribution in [3.63, 3.8) is 0 Å². The molecule has 0 aromatic heterocycles. The number of nitrogens with two attached hydrogens (primary N) is 2. The molecule has 4 N–H and O–H groups in total. The van der Waals surface area contributed by atoms with Gasteiger partial charge in [0.05, 0.1) is 0 Å². The molecular formula is C50H30Cl2N2O2P2RuS+4. The van der Waals surface area contributed by atoms with Crippen molar-refractivity contribution in [1.29, 1.82) is 0 Å². The molecule has 0 radical (unpaired) electrons. The number of hydrogen-bond donors (Lipinski definition) is 2. The van der Waals surface area contributed by atoms with Crippen LogP contribution in [-0.2, 0) is 25.0 Å². The monoisotopic (exact) mass is 956 g/mol. The maximum absolute atomic E-state index is 14.2. The Bertz CT molecular complexity index is 2650. The minimum absolute atomic E-state index is 0.0290. The molecule has 60 heavy (non-hydrogen) atoms. The molecule has 0 saturated carbocycles. The molecular weight excluding hydrogens is 927 g/mol. The Morgan fingerprint density at radius 3 is 1.00 bits per heavy atom. The fraction of sp³-hybridized carbons (Fsp3) is 0.0400. The Morgan fingerprint density at radius 1 is 0.450 bits per heavy atom. The van der Waals surface area contributed by atoms with Crippen LogP contribution < -0.4 is 22.1 Å². The third-order valence-corrected chi connectivity index (χ3v) is 12.9. The molecule has 0 fully saturated rings. The molecule has 4 aromatic rings. The topological polar surface area (TPSA) is 86.2 Å². The Kier molecular flexibility index (Phi) is 24.6. The maximum atomic E-state index is 14.2. The summed E-state index contributed by atoms with van der Waals surface area (Å²) in [6, 6.07) is 32.5. The summed E-state index contributed by atoms with van der Waals surface area (Å²) in [6.07, 6.45) is 20.7. The van der Waals surface area contributed by atoms with Crippen molar-refractivity contribution >= 4 is 55.7 Å². The second kappa shape index (κ2) is 29.7. The van der Waals surface area contributed by atoms with E-state index in [0.717, 1.165) is 11.1 Å². The number of benzene rings is 4. The molecule has 2 unspecified atom stereocenters. The van der Waals surface area contributed by atoms with Crippen LogP contribution in [0, 0.1) is 143 Å². The van der Waals surface area contributed by atoms with Gasteiger partial charge < -0.3 is 11.5 Å². The van der Waals surface area contributed by atoms with Crippen LogP contribution in [0.3, 0.4) is 0 Å². The molecule has 4 aromatic carbocycles. The molecule has 4 nitrogen and oxygen atoms in total. The summed E-state index contributed by atoms with van der Waals surface area (Å²) < 4.78 is 28.4. The summed E-state index contributed by atoms with van der Waals surface area (Å²) in [5, 5.41) is 0.839. The van der Waals surface area contributed by atoms with Crippen molar-refractivity contribution < 1.29 is 23.6 Å². The van der Waals surface area contributed by atoms with E-state index < -0.39 is 25.7 Å². The predicted molar refractivity (Wildman–Crippen MR) is 250 cm³/mol. The van der Waals surface area contributed by atoms with E-state index in [1.165, 1.54) is 12.1 Å². The van der Waals surface area contributed by atoms with Crippen LogP contribution in [-0.4, -0.2) is 8.42 Å². The Balaban J connectivity index is 0.000000535. The van der Waals surface area contributed by atoms with E-state index in [9.17, 15) is 8.42 Å². The van der Waals surface area contributed by atoms with Gasteiger partial charge in [0.2, 0.25) is 9.84 Å². The number of rotatable bonds is 7. The molecule has 286 valence electrons. The van der Waals surface area contributed by atoms with Crippen LogP contribution >= 0.6 is 35.2 Å². The van der Waals surface area contributed by atoms with Gasteiger partial charge in [-0.25, -0.2) is 8.42 Å². The van der Waals surface area contributed by atoms with Gasteiger partial charge in [-0.05, 0) is 82.8 Å². The average molecular weight is 957 g/mol. The van der Waals surface area contributed by atoms with Crippen molar-refractivity contribution in [2.24, 2.45) is 11.5 Å². The van der Waals surface area contributed by atoms with Crippen molar-refractivity contribution in [2.75, 3.05) is 0 Å². The van der Waals surface area contributed by atoms with E-state index in [4.69, 9.17) is 56.5 Å². The SMILES string of the molecule is C#CC#CC#C[PH+](C#CC#CC#C)c1ccccc1S(=O)(=O)c1ccccc1[PH+](C#CC#CC#C)C#CC#CC#C.NC(c1ccccc1)C(N)c1ccccc1.[Cl][Ru+2][Cl]. The first-order valence-corrected chi connectivity index (χ1v) is 25.7. The normalized spacial score (nSPS) is 9.57. The second-order valence-corrected chi connectivity index (χ2v) is 18.8. The van der Waals surface area contributed by atoms with Gasteiger partial charge in [0, 0.05) is 59.4 Å².